The number of piperidine rings is 1. The van der Waals surface area contributed by atoms with E-state index in [4.69, 9.17) is 9.57 Å². The predicted octanol–water partition coefficient (Wildman–Crippen LogP) is 5.93. The number of benzene rings is 1. The van der Waals surface area contributed by atoms with Crippen molar-refractivity contribution in [3.05, 3.63) is 72.4 Å². The molecule has 0 saturated carbocycles. The summed E-state index contributed by atoms with van der Waals surface area (Å²) >= 11 is 0. The zero-order chi connectivity index (χ0) is 21.5. The van der Waals surface area contributed by atoms with E-state index in [0.29, 0.717) is 5.57 Å². The first-order valence-corrected chi connectivity index (χ1v) is 10.3. The first kappa shape index (κ1) is 23.1. The van der Waals surface area contributed by atoms with Crippen molar-refractivity contribution in [2.24, 2.45) is 0 Å². The number of rotatable bonds is 8. The lowest BCUT2D eigenvalue weighted by atomic mass is 9.82. The highest BCUT2D eigenvalue weighted by molar-refractivity contribution is 5.88. The van der Waals surface area contributed by atoms with Gasteiger partial charge in [-0.05, 0) is 59.4 Å². The van der Waals surface area contributed by atoms with Gasteiger partial charge in [-0.3, -0.25) is 4.84 Å². The number of hydrogen-bond donors (Lipinski definition) is 0. The highest BCUT2D eigenvalue weighted by Crippen LogP contribution is 2.40. The number of carbonyl (C=O) groups is 1. The molecule has 0 N–H and O–H groups in total. The van der Waals surface area contributed by atoms with Gasteiger partial charge in [-0.2, -0.15) is 5.06 Å². The van der Waals surface area contributed by atoms with Crippen LogP contribution < -0.4 is 0 Å². The molecule has 1 unspecified atom stereocenters. The topological polar surface area (TPSA) is 38.8 Å². The monoisotopic (exact) mass is 397 g/mol. The number of nitrogens with zero attached hydrogens (tertiary/aromatic N) is 1. The molecule has 4 nitrogen and oxygen atoms in total. The van der Waals surface area contributed by atoms with Crippen LogP contribution in [0.2, 0.25) is 0 Å². The number of allylic oxidation sites excluding steroid dienone is 4. The summed E-state index contributed by atoms with van der Waals surface area (Å²) in [6, 6.07) is 9.95. The molecule has 1 heterocycles. The second-order valence-electron chi connectivity index (χ2n) is 8.85. The van der Waals surface area contributed by atoms with Gasteiger partial charge in [0.05, 0.1) is 0 Å². The Bertz CT molecular complexity index is 731. The van der Waals surface area contributed by atoms with Gasteiger partial charge in [0.2, 0.25) is 0 Å². The van der Waals surface area contributed by atoms with Crippen molar-refractivity contribution in [1.29, 1.82) is 0 Å². The van der Waals surface area contributed by atoms with Gasteiger partial charge < -0.3 is 4.74 Å². The minimum atomic E-state index is -0.367. The highest BCUT2D eigenvalue weighted by Gasteiger charge is 2.44. The van der Waals surface area contributed by atoms with Crippen molar-refractivity contribution in [2.75, 3.05) is 6.61 Å². The van der Waals surface area contributed by atoms with Crippen LogP contribution in [0.4, 0.5) is 0 Å². The standard InChI is InChI=1S/C25H35NO3/c1-7-8-10-14-20(2)23(27)28-19-22(21-15-11-9-12-16-21)29-26-24(3,4)17-13-18-25(26,5)6/h7-12,14-16,22H,1,13,17-19H2,2-6H3/b10-8-,20-14+. The minimum Gasteiger partial charge on any atom is -0.459 e. The molecular weight excluding hydrogens is 362 g/mol. The van der Waals surface area contributed by atoms with E-state index in [2.05, 4.69) is 39.3 Å². The number of carbonyl (C=O) groups excluding carboxylic acids is 1. The van der Waals surface area contributed by atoms with E-state index in [1.807, 2.05) is 30.3 Å². The summed E-state index contributed by atoms with van der Waals surface area (Å²) in [6.45, 7) is 14.4. The van der Waals surface area contributed by atoms with E-state index in [0.717, 1.165) is 18.4 Å². The van der Waals surface area contributed by atoms with E-state index < -0.39 is 0 Å². The van der Waals surface area contributed by atoms with Crippen LogP contribution in [0.3, 0.4) is 0 Å². The van der Waals surface area contributed by atoms with Crippen LogP contribution in [0.1, 0.15) is 65.5 Å². The molecule has 1 aliphatic rings. The molecule has 29 heavy (non-hydrogen) atoms. The normalized spacial score (nSPS) is 20.4. The Balaban J connectivity index is 2.18. The minimum absolute atomic E-state index is 0.0932. The Labute approximate surface area is 175 Å². The van der Waals surface area contributed by atoms with Gasteiger partial charge in [0.25, 0.3) is 0 Å². The Morgan fingerprint density at radius 2 is 1.76 bits per heavy atom. The summed E-state index contributed by atoms with van der Waals surface area (Å²) < 4.78 is 5.61. The fourth-order valence-corrected chi connectivity index (χ4v) is 3.86. The molecular formula is C25H35NO3. The van der Waals surface area contributed by atoms with Crippen molar-refractivity contribution in [3.8, 4) is 0 Å². The molecule has 0 amide bonds. The maximum Gasteiger partial charge on any atom is 0.333 e. The van der Waals surface area contributed by atoms with Gasteiger partial charge in [-0.1, -0.05) is 61.2 Å². The molecule has 0 spiro atoms. The second-order valence-corrected chi connectivity index (χ2v) is 8.85. The van der Waals surface area contributed by atoms with Gasteiger partial charge in [-0.25, -0.2) is 4.79 Å². The first-order chi connectivity index (χ1) is 13.7. The number of esters is 1. The quantitative estimate of drug-likeness (QED) is 0.309. The molecule has 1 saturated heterocycles. The molecule has 4 heteroatoms. The summed E-state index contributed by atoms with van der Waals surface area (Å²) in [7, 11) is 0. The summed E-state index contributed by atoms with van der Waals surface area (Å²) in [5.41, 5.74) is 1.34. The first-order valence-electron chi connectivity index (χ1n) is 10.3. The van der Waals surface area contributed by atoms with Crippen molar-refractivity contribution in [3.63, 3.8) is 0 Å². The lowest BCUT2D eigenvalue weighted by molar-refractivity contribution is -0.311. The molecule has 1 aliphatic heterocycles. The van der Waals surface area contributed by atoms with E-state index in [1.165, 1.54) is 6.42 Å². The summed E-state index contributed by atoms with van der Waals surface area (Å²) in [6.07, 6.45) is 9.86. The van der Waals surface area contributed by atoms with Gasteiger partial charge >= 0.3 is 5.97 Å². The lowest BCUT2D eigenvalue weighted by Crippen LogP contribution is -2.58. The van der Waals surface area contributed by atoms with Gasteiger partial charge in [0.1, 0.15) is 12.7 Å². The summed E-state index contributed by atoms with van der Waals surface area (Å²) in [5, 5.41) is 2.12. The van der Waals surface area contributed by atoms with Gasteiger partial charge in [-0.15, -0.1) is 0 Å². The molecule has 1 atom stereocenters. The molecule has 0 bridgehead atoms. The third-order valence-corrected chi connectivity index (χ3v) is 5.36. The van der Waals surface area contributed by atoms with Crippen LogP contribution in [0.25, 0.3) is 0 Å². The van der Waals surface area contributed by atoms with Crippen LogP contribution in [0.5, 0.6) is 0 Å². The van der Waals surface area contributed by atoms with Crippen LogP contribution in [-0.2, 0) is 14.4 Å². The highest BCUT2D eigenvalue weighted by atomic mass is 16.7. The Kier molecular flexibility index (Phi) is 8.00. The Morgan fingerprint density at radius 3 is 2.34 bits per heavy atom. The lowest BCUT2D eigenvalue weighted by Gasteiger charge is -2.52. The average molecular weight is 398 g/mol. The maximum atomic E-state index is 12.4. The van der Waals surface area contributed by atoms with E-state index in [9.17, 15) is 4.79 Å². The molecule has 1 aromatic carbocycles. The van der Waals surface area contributed by atoms with Gasteiger partial charge in [0.15, 0.2) is 0 Å². The number of ether oxygens (including phenoxy) is 1. The molecule has 1 aromatic rings. The molecule has 0 aliphatic carbocycles. The predicted molar refractivity (Wildman–Crippen MR) is 118 cm³/mol. The molecule has 0 aromatic heterocycles. The van der Waals surface area contributed by atoms with Crippen LogP contribution >= 0.6 is 0 Å². The fraction of sp³-hybridized carbons (Fsp3) is 0.480. The summed E-state index contributed by atoms with van der Waals surface area (Å²) in [4.78, 5) is 18.9. The van der Waals surface area contributed by atoms with Gasteiger partial charge in [0, 0.05) is 16.7 Å². The molecule has 1 fully saturated rings. The summed E-state index contributed by atoms with van der Waals surface area (Å²) in [5.74, 6) is -0.347. The van der Waals surface area contributed by atoms with Crippen molar-refractivity contribution in [1.82, 2.24) is 5.06 Å². The molecule has 158 valence electrons. The van der Waals surface area contributed by atoms with E-state index in [1.54, 1.807) is 31.2 Å². The maximum absolute atomic E-state index is 12.4. The third-order valence-electron chi connectivity index (χ3n) is 5.36. The Hall–Kier alpha value is -2.17. The fourth-order valence-electron chi connectivity index (χ4n) is 3.86. The number of hydroxylamine groups is 2. The average Bonchev–Trinajstić information content (AvgIpc) is 2.67. The smallest absolute Gasteiger partial charge is 0.333 e. The zero-order valence-corrected chi connectivity index (χ0v) is 18.5. The van der Waals surface area contributed by atoms with Crippen LogP contribution in [0, 0.1) is 0 Å². The molecule has 0 radical (unpaired) electrons. The number of hydrogen-bond acceptors (Lipinski definition) is 4. The largest absolute Gasteiger partial charge is 0.459 e. The second kappa shape index (κ2) is 10.0. The van der Waals surface area contributed by atoms with Crippen molar-refractivity contribution >= 4 is 5.97 Å². The zero-order valence-electron chi connectivity index (χ0n) is 18.5. The van der Waals surface area contributed by atoms with Crippen LogP contribution in [-0.4, -0.2) is 28.7 Å². The van der Waals surface area contributed by atoms with Crippen molar-refractivity contribution < 1.29 is 14.4 Å². The molecule has 2 rings (SSSR count). The SMILES string of the molecule is C=C/C=C\C=C(/C)C(=O)OCC(ON1C(C)(C)CCCC1(C)C)c1ccccc1. The van der Waals surface area contributed by atoms with Crippen LogP contribution in [0.15, 0.2) is 66.8 Å². The third kappa shape index (κ3) is 6.41. The Morgan fingerprint density at radius 1 is 1.14 bits per heavy atom. The van der Waals surface area contributed by atoms with Crippen molar-refractivity contribution in [2.45, 2.75) is 71.1 Å². The van der Waals surface area contributed by atoms with E-state index >= 15 is 0 Å². The van der Waals surface area contributed by atoms with E-state index in [-0.39, 0.29) is 29.8 Å².